The third kappa shape index (κ3) is 3.27. The Morgan fingerprint density at radius 2 is 2.26 bits per heavy atom. The summed E-state index contributed by atoms with van der Waals surface area (Å²) in [7, 11) is 1.74. The highest BCUT2D eigenvalue weighted by Gasteiger charge is 2.42. The van der Waals surface area contributed by atoms with Crippen LogP contribution < -0.4 is 10.1 Å². The summed E-state index contributed by atoms with van der Waals surface area (Å²) in [6.45, 7) is 2.10. The maximum Gasteiger partial charge on any atom is 0.119 e. The van der Waals surface area contributed by atoms with Gasteiger partial charge in [0.05, 0.1) is 18.7 Å². The zero-order valence-electron chi connectivity index (χ0n) is 13.4. The van der Waals surface area contributed by atoms with E-state index < -0.39 is 0 Å². The van der Waals surface area contributed by atoms with Crippen LogP contribution in [-0.4, -0.2) is 35.6 Å². The Morgan fingerprint density at radius 1 is 1.35 bits per heavy atom. The Morgan fingerprint density at radius 3 is 3.00 bits per heavy atom. The normalized spacial score (nSPS) is 24.9. The molecule has 5 heteroatoms. The number of aromatic nitrogens is 1. The largest absolute Gasteiger partial charge is 0.497 e. The Balaban J connectivity index is 1.54. The quantitative estimate of drug-likeness (QED) is 0.883. The van der Waals surface area contributed by atoms with Crippen molar-refractivity contribution in [2.24, 2.45) is 0 Å². The average Bonchev–Trinajstić information content (AvgIpc) is 3.13. The highest BCUT2D eigenvalue weighted by Crippen LogP contribution is 2.41. The van der Waals surface area contributed by atoms with Crippen molar-refractivity contribution >= 4 is 11.3 Å². The lowest BCUT2D eigenvalue weighted by atomic mass is 9.99. The van der Waals surface area contributed by atoms with E-state index in [1.165, 1.54) is 36.2 Å². The SMILES string of the molecule is COc1cccc([C@@H]2[C@H](NCc3cncs3)CCN2C2CC2)c1. The van der Waals surface area contributed by atoms with Crippen LogP contribution in [0.25, 0.3) is 0 Å². The maximum atomic E-state index is 5.43. The predicted molar refractivity (Wildman–Crippen MR) is 92.8 cm³/mol. The number of nitrogens with one attached hydrogen (secondary N) is 1. The van der Waals surface area contributed by atoms with Crippen LogP contribution >= 0.6 is 11.3 Å². The molecule has 1 N–H and O–H groups in total. The van der Waals surface area contributed by atoms with Crippen molar-refractivity contribution in [2.45, 2.75) is 43.9 Å². The first-order valence-corrected chi connectivity index (χ1v) is 9.23. The minimum atomic E-state index is 0.450. The van der Waals surface area contributed by atoms with E-state index in [1.807, 2.05) is 17.8 Å². The molecule has 1 aromatic carbocycles. The first-order valence-electron chi connectivity index (χ1n) is 8.35. The number of nitrogens with zero attached hydrogens (tertiary/aromatic N) is 2. The Kier molecular flexibility index (Phi) is 4.33. The van der Waals surface area contributed by atoms with Crippen molar-refractivity contribution in [2.75, 3.05) is 13.7 Å². The molecule has 122 valence electrons. The van der Waals surface area contributed by atoms with Gasteiger partial charge >= 0.3 is 0 Å². The Bertz CT molecular complexity index is 641. The van der Waals surface area contributed by atoms with Crippen LogP contribution in [0.5, 0.6) is 5.75 Å². The summed E-state index contributed by atoms with van der Waals surface area (Å²) in [5, 5.41) is 3.77. The van der Waals surface area contributed by atoms with Gasteiger partial charge in [-0.05, 0) is 37.0 Å². The van der Waals surface area contributed by atoms with Gasteiger partial charge < -0.3 is 10.1 Å². The molecule has 0 amide bonds. The van der Waals surface area contributed by atoms with Gasteiger partial charge in [-0.1, -0.05) is 12.1 Å². The van der Waals surface area contributed by atoms with Crippen molar-refractivity contribution in [3.05, 3.63) is 46.4 Å². The molecule has 2 aromatic rings. The van der Waals surface area contributed by atoms with E-state index in [0.29, 0.717) is 12.1 Å². The lowest BCUT2D eigenvalue weighted by Gasteiger charge is -2.29. The fourth-order valence-electron chi connectivity index (χ4n) is 3.66. The minimum Gasteiger partial charge on any atom is -0.497 e. The lowest BCUT2D eigenvalue weighted by molar-refractivity contribution is 0.226. The summed E-state index contributed by atoms with van der Waals surface area (Å²) in [4.78, 5) is 8.17. The second-order valence-electron chi connectivity index (χ2n) is 6.43. The monoisotopic (exact) mass is 329 g/mol. The molecule has 1 saturated heterocycles. The van der Waals surface area contributed by atoms with E-state index >= 15 is 0 Å². The van der Waals surface area contributed by atoms with Crippen LogP contribution in [0.3, 0.4) is 0 Å². The van der Waals surface area contributed by atoms with Gasteiger partial charge in [-0.25, -0.2) is 0 Å². The predicted octanol–water partition coefficient (Wildman–Crippen LogP) is 3.22. The van der Waals surface area contributed by atoms with Crippen molar-refractivity contribution in [3.63, 3.8) is 0 Å². The first-order chi connectivity index (χ1) is 11.3. The number of thiazole rings is 1. The van der Waals surface area contributed by atoms with Crippen LogP contribution in [0.4, 0.5) is 0 Å². The summed E-state index contributed by atoms with van der Waals surface area (Å²) in [6.07, 6.45) is 5.87. The number of hydrogen-bond donors (Lipinski definition) is 1. The average molecular weight is 329 g/mol. The Hall–Kier alpha value is -1.43. The number of ether oxygens (including phenoxy) is 1. The highest BCUT2D eigenvalue weighted by atomic mass is 32.1. The molecule has 1 saturated carbocycles. The first kappa shape index (κ1) is 15.1. The summed E-state index contributed by atoms with van der Waals surface area (Å²) in [5.41, 5.74) is 3.28. The van der Waals surface area contributed by atoms with Crippen LogP contribution in [0.2, 0.25) is 0 Å². The molecule has 4 nitrogen and oxygen atoms in total. The molecular weight excluding hydrogens is 306 g/mol. The number of likely N-dealkylation sites (tertiary alicyclic amines) is 1. The van der Waals surface area contributed by atoms with Gasteiger partial charge in [0, 0.05) is 36.2 Å². The van der Waals surface area contributed by atoms with Crippen LogP contribution in [-0.2, 0) is 6.54 Å². The van der Waals surface area contributed by atoms with Gasteiger partial charge in [-0.15, -0.1) is 11.3 Å². The number of benzene rings is 1. The summed E-state index contributed by atoms with van der Waals surface area (Å²) < 4.78 is 5.43. The standard InChI is InChI=1S/C18H23N3OS/c1-22-15-4-2-3-13(9-15)18-17(7-8-21(18)14-5-6-14)20-11-16-10-19-12-23-16/h2-4,9-10,12,14,17-18,20H,5-8,11H2,1H3/t17-,18-/m1/s1. The van der Waals surface area contributed by atoms with E-state index in [1.54, 1.807) is 18.4 Å². The smallest absolute Gasteiger partial charge is 0.119 e. The molecule has 1 aliphatic carbocycles. The van der Waals surface area contributed by atoms with E-state index in [0.717, 1.165) is 18.3 Å². The third-order valence-electron chi connectivity index (χ3n) is 4.91. The maximum absolute atomic E-state index is 5.43. The molecule has 0 unspecified atom stereocenters. The molecule has 0 bridgehead atoms. The number of methoxy groups -OCH3 is 1. The minimum absolute atomic E-state index is 0.450. The third-order valence-corrected chi connectivity index (χ3v) is 5.69. The van der Waals surface area contributed by atoms with Crippen LogP contribution in [0.15, 0.2) is 36.0 Å². The molecule has 2 fully saturated rings. The summed E-state index contributed by atoms with van der Waals surface area (Å²) >= 11 is 1.72. The molecular formula is C18H23N3OS. The molecule has 23 heavy (non-hydrogen) atoms. The lowest BCUT2D eigenvalue weighted by Crippen LogP contribution is -2.36. The number of hydrogen-bond acceptors (Lipinski definition) is 5. The molecule has 2 aliphatic rings. The van der Waals surface area contributed by atoms with Crippen molar-refractivity contribution in [1.29, 1.82) is 0 Å². The van der Waals surface area contributed by atoms with Gasteiger partial charge in [0.15, 0.2) is 0 Å². The van der Waals surface area contributed by atoms with E-state index in [9.17, 15) is 0 Å². The zero-order chi connectivity index (χ0) is 15.6. The van der Waals surface area contributed by atoms with Gasteiger partial charge in [0.2, 0.25) is 0 Å². The van der Waals surface area contributed by atoms with E-state index in [-0.39, 0.29) is 0 Å². The second-order valence-corrected chi connectivity index (χ2v) is 7.41. The van der Waals surface area contributed by atoms with E-state index in [4.69, 9.17) is 4.74 Å². The fraction of sp³-hybridized carbons (Fsp3) is 0.500. The molecule has 0 radical (unpaired) electrons. The van der Waals surface area contributed by atoms with Crippen molar-refractivity contribution in [1.82, 2.24) is 15.2 Å². The number of rotatable bonds is 6. The van der Waals surface area contributed by atoms with Crippen molar-refractivity contribution < 1.29 is 4.74 Å². The Labute approximate surface area is 141 Å². The molecule has 2 heterocycles. The zero-order valence-corrected chi connectivity index (χ0v) is 14.3. The molecule has 4 rings (SSSR count). The molecule has 2 atom stereocenters. The topological polar surface area (TPSA) is 37.4 Å². The van der Waals surface area contributed by atoms with Crippen molar-refractivity contribution in [3.8, 4) is 5.75 Å². The van der Waals surface area contributed by atoms with Crippen LogP contribution in [0, 0.1) is 0 Å². The molecule has 0 spiro atoms. The van der Waals surface area contributed by atoms with Crippen LogP contribution in [0.1, 0.15) is 35.7 Å². The molecule has 1 aromatic heterocycles. The second kappa shape index (κ2) is 6.59. The highest BCUT2D eigenvalue weighted by molar-refractivity contribution is 7.09. The van der Waals surface area contributed by atoms with Gasteiger partial charge in [-0.3, -0.25) is 9.88 Å². The van der Waals surface area contributed by atoms with E-state index in [2.05, 4.69) is 33.4 Å². The fourth-order valence-corrected chi connectivity index (χ4v) is 4.20. The summed E-state index contributed by atoms with van der Waals surface area (Å²) in [5.74, 6) is 0.950. The summed E-state index contributed by atoms with van der Waals surface area (Å²) in [6, 6.07) is 10.3. The molecule has 1 aliphatic heterocycles. The van der Waals surface area contributed by atoms with Gasteiger partial charge in [0.1, 0.15) is 5.75 Å². The van der Waals surface area contributed by atoms with Gasteiger partial charge in [0.25, 0.3) is 0 Å². The van der Waals surface area contributed by atoms with Gasteiger partial charge in [-0.2, -0.15) is 0 Å².